The molecular weight excluding hydrogens is 272 g/mol. The second-order valence-electron chi connectivity index (χ2n) is 4.89. The molecule has 0 bridgehead atoms. The summed E-state index contributed by atoms with van der Waals surface area (Å²) < 4.78 is 31.8. The molecule has 0 aliphatic heterocycles. The van der Waals surface area contributed by atoms with Gasteiger partial charge in [-0.25, -0.2) is 8.78 Å². The highest BCUT2D eigenvalue weighted by Gasteiger charge is 2.07. The Hall–Kier alpha value is -1.94. The SMILES string of the molecule is CC(NCCCOc1ccccc1)c1cc(F)cc(F)c1. The summed E-state index contributed by atoms with van der Waals surface area (Å²) in [7, 11) is 0. The summed E-state index contributed by atoms with van der Waals surface area (Å²) in [5, 5.41) is 3.23. The van der Waals surface area contributed by atoms with Gasteiger partial charge in [0.1, 0.15) is 17.4 Å². The molecular formula is C17H19F2NO. The molecule has 0 heterocycles. The zero-order valence-corrected chi connectivity index (χ0v) is 12.0. The summed E-state index contributed by atoms with van der Waals surface area (Å²) in [6, 6.07) is 13.1. The summed E-state index contributed by atoms with van der Waals surface area (Å²) >= 11 is 0. The van der Waals surface area contributed by atoms with Crippen LogP contribution in [0.3, 0.4) is 0 Å². The summed E-state index contributed by atoms with van der Waals surface area (Å²) in [5.41, 5.74) is 0.608. The van der Waals surface area contributed by atoms with E-state index < -0.39 is 11.6 Å². The highest BCUT2D eigenvalue weighted by atomic mass is 19.1. The van der Waals surface area contributed by atoms with E-state index in [-0.39, 0.29) is 6.04 Å². The second-order valence-corrected chi connectivity index (χ2v) is 4.89. The molecule has 2 rings (SSSR count). The van der Waals surface area contributed by atoms with Gasteiger partial charge < -0.3 is 10.1 Å². The first-order valence-electron chi connectivity index (χ1n) is 7.02. The number of halogens is 2. The fraction of sp³-hybridized carbons (Fsp3) is 0.294. The van der Waals surface area contributed by atoms with Crippen molar-refractivity contribution in [3.8, 4) is 5.75 Å². The predicted molar refractivity (Wildman–Crippen MR) is 79.3 cm³/mol. The molecule has 0 fully saturated rings. The van der Waals surface area contributed by atoms with Crippen LogP contribution in [-0.4, -0.2) is 13.2 Å². The monoisotopic (exact) mass is 291 g/mol. The molecule has 1 atom stereocenters. The van der Waals surface area contributed by atoms with Gasteiger partial charge in [-0.3, -0.25) is 0 Å². The third-order valence-electron chi connectivity index (χ3n) is 3.17. The smallest absolute Gasteiger partial charge is 0.126 e. The van der Waals surface area contributed by atoms with Gasteiger partial charge in [-0.15, -0.1) is 0 Å². The van der Waals surface area contributed by atoms with E-state index in [9.17, 15) is 8.78 Å². The van der Waals surface area contributed by atoms with Crippen molar-refractivity contribution in [3.63, 3.8) is 0 Å². The average molecular weight is 291 g/mol. The van der Waals surface area contributed by atoms with Crippen LogP contribution < -0.4 is 10.1 Å². The Balaban J connectivity index is 1.70. The Kier molecular flexibility index (Phi) is 5.69. The molecule has 2 aromatic carbocycles. The lowest BCUT2D eigenvalue weighted by Gasteiger charge is -2.14. The number of para-hydroxylation sites is 1. The van der Waals surface area contributed by atoms with E-state index in [1.165, 1.54) is 12.1 Å². The van der Waals surface area contributed by atoms with E-state index in [0.717, 1.165) is 18.2 Å². The lowest BCUT2D eigenvalue weighted by Crippen LogP contribution is -2.21. The zero-order chi connectivity index (χ0) is 15.1. The summed E-state index contributed by atoms with van der Waals surface area (Å²) in [6.07, 6.45) is 0.817. The molecule has 0 spiro atoms. The average Bonchev–Trinajstić information content (AvgIpc) is 2.47. The molecule has 1 unspecified atom stereocenters. The van der Waals surface area contributed by atoms with Crippen LogP contribution in [0.25, 0.3) is 0 Å². The molecule has 0 amide bonds. The number of hydrogen-bond acceptors (Lipinski definition) is 2. The number of hydrogen-bond donors (Lipinski definition) is 1. The Morgan fingerprint density at radius 1 is 1.05 bits per heavy atom. The van der Waals surface area contributed by atoms with E-state index in [4.69, 9.17) is 4.74 Å². The summed E-state index contributed by atoms with van der Waals surface area (Å²) in [4.78, 5) is 0. The lowest BCUT2D eigenvalue weighted by atomic mass is 10.1. The Bertz CT molecular complexity index is 540. The fourth-order valence-corrected chi connectivity index (χ4v) is 2.04. The van der Waals surface area contributed by atoms with Crippen LogP contribution in [0.2, 0.25) is 0 Å². The van der Waals surface area contributed by atoms with Gasteiger partial charge >= 0.3 is 0 Å². The summed E-state index contributed by atoms with van der Waals surface area (Å²) in [6.45, 7) is 3.19. The van der Waals surface area contributed by atoms with Crippen LogP contribution in [-0.2, 0) is 0 Å². The number of rotatable bonds is 7. The topological polar surface area (TPSA) is 21.3 Å². The fourth-order valence-electron chi connectivity index (χ4n) is 2.04. The minimum Gasteiger partial charge on any atom is -0.494 e. The van der Waals surface area contributed by atoms with Crippen LogP contribution in [0.1, 0.15) is 24.9 Å². The quantitative estimate of drug-likeness (QED) is 0.776. The van der Waals surface area contributed by atoms with Crippen molar-refractivity contribution in [1.82, 2.24) is 5.32 Å². The van der Waals surface area contributed by atoms with Crippen molar-refractivity contribution >= 4 is 0 Å². The van der Waals surface area contributed by atoms with Gasteiger partial charge in [-0.1, -0.05) is 18.2 Å². The van der Waals surface area contributed by atoms with Crippen molar-refractivity contribution in [2.24, 2.45) is 0 Å². The van der Waals surface area contributed by atoms with E-state index >= 15 is 0 Å². The molecule has 0 radical (unpaired) electrons. The maximum absolute atomic E-state index is 13.1. The van der Waals surface area contributed by atoms with Crippen LogP contribution in [0, 0.1) is 11.6 Å². The third-order valence-corrected chi connectivity index (χ3v) is 3.17. The molecule has 0 aromatic heterocycles. The zero-order valence-electron chi connectivity index (χ0n) is 12.0. The molecule has 0 aliphatic carbocycles. The Morgan fingerprint density at radius 3 is 2.38 bits per heavy atom. The van der Waals surface area contributed by atoms with Crippen LogP contribution in [0.5, 0.6) is 5.75 Å². The first-order chi connectivity index (χ1) is 10.1. The highest BCUT2D eigenvalue weighted by molar-refractivity contribution is 5.21. The van der Waals surface area contributed by atoms with E-state index in [1.807, 2.05) is 37.3 Å². The minimum atomic E-state index is -0.550. The molecule has 1 N–H and O–H groups in total. The highest BCUT2D eigenvalue weighted by Crippen LogP contribution is 2.15. The van der Waals surface area contributed by atoms with Gasteiger partial charge in [0.15, 0.2) is 0 Å². The van der Waals surface area contributed by atoms with E-state index in [1.54, 1.807) is 0 Å². The van der Waals surface area contributed by atoms with Crippen LogP contribution >= 0.6 is 0 Å². The maximum Gasteiger partial charge on any atom is 0.126 e. The standard InChI is InChI=1S/C17H19F2NO/c1-13(14-10-15(18)12-16(19)11-14)20-8-5-9-21-17-6-3-2-4-7-17/h2-4,6-7,10-13,20H,5,8-9H2,1H3. The molecule has 112 valence electrons. The van der Waals surface area contributed by atoms with Crippen molar-refractivity contribution < 1.29 is 13.5 Å². The lowest BCUT2D eigenvalue weighted by molar-refractivity contribution is 0.305. The van der Waals surface area contributed by atoms with Gasteiger partial charge in [0.25, 0.3) is 0 Å². The van der Waals surface area contributed by atoms with Crippen LogP contribution in [0.4, 0.5) is 8.78 Å². The van der Waals surface area contributed by atoms with Gasteiger partial charge in [0.2, 0.25) is 0 Å². The molecule has 2 nitrogen and oxygen atoms in total. The number of benzene rings is 2. The third kappa shape index (κ3) is 5.16. The Morgan fingerprint density at radius 2 is 1.71 bits per heavy atom. The van der Waals surface area contributed by atoms with Gasteiger partial charge in [-0.05, 0) is 49.7 Å². The van der Waals surface area contributed by atoms with Gasteiger partial charge in [-0.2, -0.15) is 0 Å². The van der Waals surface area contributed by atoms with Gasteiger partial charge in [0, 0.05) is 12.1 Å². The first kappa shape index (κ1) is 15.4. The van der Waals surface area contributed by atoms with Crippen molar-refractivity contribution in [2.75, 3.05) is 13.2 Å². The number of nitrogens with one attached hydrogen (secondary N) is 1. The largest absolute Gasteiger partial charge is 0.494 e. The van der Waals surface area contributed by atoms with E-state index in [0.29, 0.717) is 18.7 Å². The first-order valence-corrected chi connectivity index (χ1v) is 7.02. The van der Waals surface area contributed by atoms with Crippen molar-refractivity contribution in [1.29, 1.82) is 0 Å². The number of ether oxygens (including phenoxy) is 1. The second kappa shape index (κ2) is 7.74. The van der Waals surface area contributed by atoms with E-state index in [2.05, 4.69) is 5.32 Å². The minimum absolute atomic E-state index is 0.105. The molecule has 0 saturated carbocycles. The van der Waals surface area contributed by atoms with Crippen LogP contribution in [0.15, 0.2) is 48.5 Å². The van der Waals surface area contributed by atoms with Crippen molar-refractivity contribution in [3.05, 3.63) is 65.7 Å². The molecule has 4 heteroatoms. The Labute approximate surface area is 123 Å². The predicted octanol–water partition coefficient (Wildman–Crippen LogP) is 4.08. The maximum atomic E-state index is 13.1. The normalized spacial score (nSPS) is 12.1. The molecule has 0 saturated heterocycles. The molecule has 0 aliphatic rings. The van der Waals surface area contributed by atoms with Crippen molar-refractivity contribution in [2.45, 2.75) is 19.4 Å². The summed E-state index contributed by atoms with van der Waals surface area (Å²) in [5.74, 6) is -0.255. The molecule has 2 aromatic rings. The molecule has 21 heavy (non-hydrogen) atoms. The van der Waals surface area contributed by atoms with Gasteiger partial charge in [0.05, 0.1) is 6.61 Å².